The van der Waals surface area contributed by atoms with Gasteiger partial charge >= 0.3 is 0 Å². The first-order chi connectivity index (χ1) is 14.6. The Kier molecular flexibility index (Phi) is 6.56. The molecule has 0 spiro atoms. The molecule has 1 saturated heterocycles. The summed E-state index contributed by atoms with van der Waals surface area (Å²) in [6.07, 6.45) is 5.72. The predicted octanol–water partition coefficient (Wildman–Crippen LogP) is 5.88. The number of halogens is 1. The third kappa shape index (κ3) is 4.95. The van der Waals surface area contributed by atoms with Crippen LogP contribution in [0.3, 0.4) is 0 Å². The monoisotopic (exact) mass is 515 g/mol. The van der Waals surface area contributed by atoms with Gasteiger partial charge in [0.1, 0.15) is 11.6 Å². The summed E-state index contributed by atoms with van der Waals surface area (Å²) in [4.78, 5) is 11.6. The van der Waals surface area contributed by atoms with Crippen molar-refractivity contribution in [3.63, 3.8) is 0 Å². The second kappa shape index (κ2) is 9.51. The molecule has 0 unspecified atom stereocenters. The molecule has 7 heteroatoms. The Morgan fingerprint density at radius 1 is 0.967 bits per heavy atom. The fourth-order valence-electron chi connectivity index (χ4n) is 3.54. The third-order valence-corrected chi connectivity index (χ3v) is 6.12. The zero-order valence-corrected chi connectivity index (χ0v) is 19.4. The van der Waals surface area contributed by atoms with Crippen LogP contribution in [-0.4, -0.2) is 30.2 Å². The molecule has 2 aromatic carbocycles. The molecular weight excluding hydrogens is 489 g/mol. The van der Waals surface area contributed by atoms with Gasteiger partial charge < -0.3 is 20.3 Å². The summed E-state index contributed by atoms with van der Waals surface area (Å²) in [5, 5.41) is 6.68. The van der Waals surface area contributed by atoms with Crippen LogP contribution in [0.2, 0.25) is 0 Å². The Morgan fingerprint density at radius 2 is 1.70 bits per heavy atom. The predicted molar refractivity (Wildman–Crippen MR) is 132 cm³/mol. The van der Waals surface area contributed by atoms with E-state index in [1.54, 1.807) is 7.11 Å². The van der Waals surface area contributed by atoms with Crippen molar-refractivity contribution < 1.29 is 4.74 Å². The van der Waals surface area contributed by atoms with E-state index in [9.17, 15) is 0 Å². The van der Waals surface area contributed by atoms with Crippen LogP contribution in [-0.2, 0) is 0 Å². The highest BCUT2D eigenvalue weighted by atomic mass is 127. The van der Waals surface area contributed by atoms with Crippen LogP contribution in [0.5, 0.6) is 5.75 Å². The Labute approximate surface area is 191 Å². The summed E-state index contributed by atoms with van der Waals surface area (Å²) >= 11 is 2.26. The lowest BCUT2D eigenvalue weighted by atomic mass is 10.1. The molecule has 0 saturated carbocycles. The van der Waals surface area contributed by atoms with E-state index in [0.29, 0.717) is 5.95 Å². The summed E-state index contributed by atoms with van der Waals surface area (Å²) in [5.41, 5.74) is 4.14. The van der Waals surface area contributed by atoms with Crippen molar-refractivity contribution in [3.05, 3.63) is 57.8 Å². The first-order valence-corrected chi connectivity index (χ1v) is 11.3. The van der Waals surface area contributed by atoms with E-state index in [1.165, 1.54) is 24.9 Å². The van der Waals surface area contributed by atoms with Crippen molar-refractivity contribution in [3.8, 4) is 5.75 Å². The molecule has 4 rings (SSSR count). The van der Waals surface area contributed by atoms with Gasteiger partial charge in [-0.2, -0.15) is 4.98 Å². The van der Waals surface area contributed by atoms with Gasteiger partial charge in [-0.15, -0.1) is 0 Å². The lowest BCUT2D eigenvalue weighted by molar-refractivity contribution is 0.412. The summed E-state index contributed by atoms with van der Waals surface area (Å²) < 4.78 is 6.48. The maximum Gasteiger partial charge on any atom is 0.229 e. The second-order valence-electron chi connectivity index (χ2n) is 7.42. The Hall–Kier alpha value is -2.55. The van der Waals surface area contributed by atoms with Crippen molar-refractivity contribution in [1.82, 2.24) is 9.97 Å². The third-order valence-electron chi connectivity index (χ3n) is 5.23. The van der Waals surface area contributed by atoms with E-state index in [2.05, 4.69) is 72.4 Å². The van der Waals surface area contributed by atoms with Gasteiger partial charge in [-0.1, -0.05) is 0 Å². The molecule has 0 radical (unpaired) electrons. The molecule has 2 N–H and O–H groups in total. The Bertz CT molecular complexity index is 1000. The van der Waals surface area contributed by atoms with Crippen molar-refractivity contribution in [2.45, 2.75) is 26.2 Å². The highest BCUT2D eigenvalue weighted by Crippen LogP contribution is 2.28. The molecule has 0 amide bonds. The normalized spacial score (nSPS) is 13.8. The molecule has 0 aliphatic carbocycles. The number of aryl methyl sites for hydroxylation is 1. The lowest BCUT2D eigenvalue weighted by Crippen LogP contribution is -2.29. The first-order valence-electron chi connectivity index (χ1n) is 10.2. The Morgan fingerprint density at radius 3 is 2.43 bits per heavy atom. The molecular formula is C23H26IN5O. The van der Waals surface area contributed by atoms with Crippen LogP contribution < -0.4 is 20.3 Å². The molecule has 1 aliphatic rings. The number of rotatable bonds is 6. The zero-order chi connectivity index (χ0) is 20.9. The van der Waals surface area contributed by atoms with Gasteiger partial charge in [-0.05, 0) is 85.2 Å². The summed E-state index contributed by atoms with van der Waals surface area (Å²) in [7, 11) is 1.68. The van der Waals surface area contributed by atoms with Gasteiger partial charge in [0.15, 0.2) is 0 Å². The average Bonchev–Trinajstić information content (AvgIpc) is 2.78. The molecule has 1 fully saturated rings. The summed E-state index contributed by atoms with van der Waals surface area (Å²) in [5.74, 6) is 2.16. The number of ether oxygens (including phenoxy) is 1. The van der Waals surface area contributed by atoms with Crippen LogP contribution >= 0.6 is 22.6 Å². The van der Waals surface area contributed by atoms with Crippen molar-refractivity contribution in [2.75, 3.05) is 35.7 Å². The van der Waals surface area contributed by atoms with E-state index in [0.717, 1.165) is 45.2 Å². The van der Waals surface area contributed by atoms with Gasteiger partial charge in [-0.3, -0.25) is 0 Å². The quantitative estimate of drug-likeness (QED) is 0.400. The SMILES string of the molecule is COc1cc(Nc2nc(Nc3ccc(N4CCCCC4)cc3)ncc2C)ccc1I. The van der Waals surface area contributed by atoms with Gasteiger partial charge in [0.2, 0.25) is 5.95 Å². The molecule has 156 valence electrons. The number of nitrogens with zero attached hydrogens (tertiary/aromatic N) is 3. The van der Waals surface area contributed by atoms with Crippen molar-refractivity contribution in [1.29, 1.82) is 0 Å². The van der Waals surface area contributed by atoms with Crippen LogP contribution in [0, 0.1) is 10.5 Å². The number of anilines is 5. The largest absolute Gasteiger partial charge is 0.496 e. The van der Waals surface area contributed by atoms with E-state index >= 15 is 0 Å². The minimum Gasteiger partial charge on any atom is -0.496 e. The second-order valence-corrected chi connectivity index (χ2v) is 8.58. The van der Waals surface area contributed by atoms with Crippen LogP contribution in [0.1, 0.15) is 24.8 Å². The molecule has 6 nitrogen and oxygen atoms in total. The molecule has 0 bridgehead atoms. The summed E-state index contributed by atoms with van der Waals surface area (Å²) in [6, 6.07) is 14.5. The summed E-state index contributed by atoms with van der Waals surface area (Å²) in [6.45, 7) is 4.28. The average molecular weight is 515 g/mol. The highest BCUT2D eigenvalue weighted by molar-refractivity contribution is 14.1. The molecule has 2 heterocycles. The lowest BCUT2D eigenvalue weighted by Gasteiger charge is -2.28. The van der Waals surface area contributed by atoms with Crippen LogP contribution in [0.4, 0.5) is 28.8 Å². The maximum atomic E-state index is 5.41. The van der Waals surface area contributed by atoms with Gasteiger partial charge in [0.25, 0.3) is 0 Å². The number of methoxy groups -OCH3 is 1. The number of hydrogen-bond acceptors (Lipinski definition) is 6. The fraction of sp³-hybridized carbons (Fsp3) is 0.304. The topological polar surface area (TPSA) is 62.3 Å². The van der Waals surface area contributed by atoms with Gasteiger partial charge in [0.05, 0.1) is 10.7 Å². The van der Waals surface area contributed by atoms with Crippen molar-refractivity contribution >= 4 is 51.4 Å². The van der Waals surface area contributed by atoms with Gasteiger partial charge in [0, 0.05) is 48.0 Å². The first kappa shape index (κ1) is 20.7. The molecule has 1 aliphatic heterocycles. The number of hydrogen-bond donors (Lipinski definition) is 2. The number of benzene rings is 2. The molecule has 1 aromatic heterocycles. The smallest absolute Gasteiger partial charge is 0.229 e. The van der Waals surface area contributed by atoms with Gasteiger partial charge in [-0.25, -0.2) is 4.98 Å². The van der Waals surface area contributed by atoms with Crippen LogP contribution in [0.25, 0.3) is 0 Å². The highest BCUT2D eigenvalue weighted by Gasteiger charge is 2.11. The fourth-order valence-corrected chi connectivity index (χ4v) is 4.10. The minimum atomic E-state index is 0.561. The van der Waals surface area contributed by atoms with E-state index in [4.69, 9.17) is 4.74 Å². The number of aromatic nitrogens is 2. The number of piperidine rings is 1. The van der Waals surface area contributed by atoms with E-state index in [1.807, 2.05) is 31.3 Å². The van der Waals surface area contributed by atoms with Crippen LogP contribution in [0.15, 0.2) is 48.7 Å². The Balaban J connectivity index is 1.47. The van der Waals surface area contributed by atoms with E-state index in [-0.39, 0.29) is 0 Å². The molecule has 3 aromatic rings. The zero-order valence-electron chi connectivity index (χ0n) is 17.3. The number of nitrogens with one attached hydrogen (secondary N) is 2. The van der Waals surface area contributed by atoms with E-state index < -0.39 is 0 Å². The standard InChI is InChI=1S/C23H26IN5O/c1-16-15-25-23(28-22(16)26-18-8-11-20(24)21(14-18)30-2)27-17-6-9-19(10-7-17)29-12-4-3-5-13-29/h6-11,14-15H,3-5,12-13H2,1-2H3,(H2,25,26,27,28). The minimum absolute atomic E-state index is 0.561. The van der Waals surface area contributed by atoms with Crippen molar-refractivity contribution in [2.24, 2.45) is 0 Å². The molecule has 30 heavy (non-hydrogen) atoms. The molecule has 0 atom stereocenters. The maximum absolute atomic E-state index is 5.41.